The Hall–Kier alpha value is -2.26. The Morgan fingerprint density at radius 2 is 1.65 bits per heavy atom. The summed E-state index contributed by atoms with van der Waals surface area (Å²) in [4.78, 5) is 13.7. The molecule has 1 heterocycles. The smallest absolute Gasteiger partial charge is 0.203 e. The average molecular weight is 581 g/mol. The lowest BCUT2D eigenvalue weighted by atomic mass is 9.97. The van der Waals surface area contributed by atoms with E-state index in [0.29, 0.717) is 41.4 Å². The zero-order valence-electron chi connectivity index (χ0n) is 21.1. The van der Waals surface area contributed by atoms with Crippen LogP contribution in [0.15, 0.2) is 40.8 Å². The molecular weight excluding hydrogens is 545 g/mol. The van der Waals surface area contributed by atoms with Crippen molar-refractivity contribution in [1.29, 1.82) is 0 Å². The minimum absolute atomic E-state index is 0. The van der Waals surface area contributed by atoms with Crippen LogP contribution in [0.1, 0.15) is 47.9 Å². The van der Waals surface area contributed by atoms with Crippen LogP contribution >= 0.6 is 0 Å². The second-order valence-corrected chi connectivity index (χ2v) is 9.25. The van der Waals surface area contributed by atoms with Crippen molar-refractivity contribution in [3.63, 3.8) is 0 Å². The monoisotopic (exact) mass is 581 g/mol. The fourth-order valence-corrected chi connectivity index (χ4v) is 3.87. The third-order valence-corrected chi connectivity index (χ3v) is 5.60. The summed E-state index contributed by atoms with van der Waals surface area (Å²) in [6, 6.07) is 11.1. The summed E-state index contributed by atoms with van der Waals surface area (Å²) in [5.74, 6) is 2.08. The van der Waals surface area contributed by atoms with Gasteiger partial charge in [-0.3, -0.25) is 4.79 Å². The van der Waals surface area contributed by atoms with Crippen LogP contribution in [0.4, 0.5) is 0 Å². The Bertz CT molecular complexity index is 1080. The van der Waals surface area contributed by atoms with Crippen LogP contribution in [0.3, 0.4) is 0 Å². The Balaban J connectivity index is 0.00000408. The van der Waals surface area contributed by atoms with E-state index in [1.54, 1.807) is 26.4 Å². The average Bonchev–Trinajstić information content (AvgIpc) is 3.17. The van der Waals surface area contributed by atoms with Crippen molar-refractivity contribution in [2.75, 3.05) is 48.5 Å². The van der Waals surface area contributed by atoms with Gasteiger partial charge in [0.05, 0.1) is 54.1 Å². The summed E-state index contributed by atoms with van der Waals surface area (Å²) in [6.07, 6.45) is 3.57. The summed E-state index contributed by atoms with van der Waals surface area (Å²) < 4.78 is 24.1. The molecule has 7 heteroatoms. The van der Waals surface area contributed by atoms with Gasteiger partial charge in [0, 0.05) is 23.8 Å². The number of unbranched alkanes of at least 4 members (excludes halogenated alkanes) is 1. The molecule has 0 aliphatic heterocycles. The van der Waals surface area contributed by atoms with Gasteiger partial charge in [-0.2, -0.15) is 0 Å². The Labute approximate surface area is 219 Å². The molecule has 1 aromatic heterocycles. The molecule has 6 nitrogen and oxygen atoms in total. The SMILES string of the molecule is CCCCc1oc2ccccc2c1C(=O)c1cc(OC)c(OCCC[N+](C)(C)C)c(OC)c1.[I-]. The zero-order chi connectivity index (χ0) is 24.0. The number of fused-ring (bicyclic) bond motifs is 1. The first-order valence-corrected chi connectivity index (χ1v) is 11.5. The Morgan fingerprint density at radius 3 is 2.24 bits per heavy atom. The van der Waals surface area contributed by atoms with E-state index >= 15 is 0 Å². The molecule has 3 rings (SSSR count). The number of ketones is 1. The maximum atomic E-state index is 13.7. The Kier molecular flexibility index (Phi) is 10.2. The fourth-order valence-electron chi connectivity index (χ4n) is 3.87. The predicted molar refractivity (Wildman–Crippen MR) is 131 cm³/mol. The minimum Gasteiger partial charge on any atom is -1.00 e. The summed E-state index contributed by atoms with van der Waals surface area (Å²) in [5.41, 5.74) is 1.81. The first-order chi connectivity index (χ1) is 15.8. The zero-order valence-corrected chi connectivity index (χ0v) is 23.2. The number of hydrogen-bond acceptors (Lipinski definition) is 5. The third kappa shape index (κ3) is 6.66. The number of carbonyl (C=O) groups is 1. The molecule has 0 saturated carbocycles. The fraction of sp³-hybridized carbons (Fsp3) is 0.444. The van der Waals surface area contributed by atoms with E-state index in [1.807, 2.05) is 24.3 Å². The van der Waals surface area contributed by atoms with Gasteiger partial charge in [-0.1, -0.05) is 31.5 Å². The molecule has 34 heavy (non-hydrogen) atoms. The largest absolute Gasteiger partial charge is 1.00 e. The predicted octanol–water partition coefficient (Wildman–Crippen LogP) is 2.50. The van der Waals surface area contributed by atoms with Crippen molar-refractivity contribution >= 4 is 16.8 Å². The number of rotatable bonds is 12. The summed E-state index contributed by atoms with van der Waals surface area (Å²) in [5, 5.41) is 0.826. The standard InChI is InChI=1S/C27H36NO5.HI/c1-7-8-13-22-25(20-12-9-10-14-21(20)33-22)26(29)19-17-23(30-5)27(24(18-19)31-6)32-16-11-15-28(2,3)4;/h9-10,12,14,17-18H,7-8,11,13,15-16H2,1-6H3;1H/q+1;/p-1. The molecule has 0 aliphatic carbocycles. The van der Waals surface area contributed by atoms with Gasteiger partial charge >= 0.3 is 0 Å². The molecule has 0 spiro atoms. The van der Waals surface area contributed by atoms with Crippen LogP contribution in [0, 0.1) is 0 Å². The Morgan fingerprint density at radius 1 is 1.00 bits per heavy atom. The van der Waals surface area contributed by atoms with Gasteiger partial charge in [0.15, 0.2) is 17.3 Å². The highest BCUT2D eigenvalue weighted by atomic mass is 127. The highest BCUT2D eigenvalue weighted by Crippen LogP contribution is 2.40. The molecule has 0 amide bonds. The van der Waals surface area contributed by atoms with Gasteiger partial charge < -0.3 is 47.1 Å². The lowest BCUT2D eigenvalue weighted by molar-refractivity contribution is -0.870. The first-order valence-electron chi connectivity index (χ1n) is 11.5. The van der Waals surface area contributed by atoms with Gasteiger partial charge in [0.25, 0.3) is 0 Å². The number of para-hydroxylation sites is 1. The highest BCUT2D eigenvalue weighted by molar-refractivity contribution is 6.17. The normalized spacial score (nSPS) is 11.2. The molecule has 0 unspecified atom stereocenters. The van der Waals surface area contributed by atoms with Crippen LogP contribution < -0.4 is 38.2 Å². The van der Waals surface area contributed by atoms with E-state index in [1.165, 1.54) is 0 Å². The van der Waals surface area contributed by atoms with Gasteiger partial charge in [0.2, 0.25) is 5.75 Å². The number of ether oxygens (including phenoxy) is 3. The van der Waals surface area contributed by atoms with Crippen molar-refractivity contribution in [3.05, 3.63) is 53.3 Å². The van der Waals surface area contributed by atoms with Crippen LogP contribution in [0.2, 0.25) is 0 Å². The van der Waals surface area contributed by atoms with Crippen molar-refractivity contribution in [2.24, 2.45) is 0 Å². The molecule has 0 saturated heterocycles. The number of methoxy groups -OCH3 is 2. The van der Waals surface area contributed by atoms with E-state index in [4.69, 9.17) is 18.6 Å². The molecule has 2 aromatic carbocycles. The van der Waals surface area contributed by atoms with Gasteiger partial charge in [-0.15, -0.1) is 0 Å². The molecule has 0 aliphatic rings. The second kappa shape index (κ2) is 12.4. The summed E-state index contributed by atoms with van der Waals surface area (Å²) in [7, 11) is 9.59. The number of halogens is 1. The molecule has 186 valence electrons. The number of quaternary nitrogens is 1. The molecule has 0 atom stereocenters. The van der Waals surface area contributed by atoms with Crippen molar-refractivity contribution in [1.82, 2.24) is 0 Å². The van der Waals surface area contributed by atoms with Gasteiger partial charge in [0.1, 0.15) is 11.3 Å². The minimum atomic E-state index is -0.112. The third-order valence-electron chi connectivity index (χ3n) is 5.60. The number of carbonyl (C=O) groups excluding carboxylic acids is 1. The van der Waals surface area contributed by atoms with E-state index in [-0.39, 0.29) is 29.8 Å². The van der Waals surface area contributed by atoms with E-state index in [2.05, 4.69) is 28.1 Å². The van der Waals surface area contributed by atoms with E-state index < -0.39 is 0 Å². The molecular formula is C27H36INO5. The molecule has 0 bridgehead atoms. The van der Waals surface area contributed by atoms with Crippen molar-refractivity contribution in [2.45, 2.75) is 32.6 Å². The van der Waals surface area contributed by atoms with Crippen LogP contribution in [0.5, 0.6) is 17.2 Å². The molecule has 0 N–H and O–H groups in total. The first kappa shape index (κ1) is 28.0. The van der Waals surface area contributed by atoms with Crippen LogP contribution in [-0.4, -0.2) is 58.8 Å². The van der Waals surface area contributed by atoms with Gasteiger partial charge in [-0.25, -0.2) is 0 Å². The van der Waals surface area contributed by atoms with Crippen molar-refractivity contribution in [3.8, 4) is 17.2 Å². The molecule has 3 aromatic rings. The second-order valence-electron chi connectivity index (χ2n) is 9.25. The van der Waals surface area contributed by atoms with Gasteiger partial charge in [-0.05, 0) is 24.6 Å². The molecule has 0 fully saturated rings. The summed E-state index contributed by atoms with van der Waals surface area (Å²) in [6.45, 7) is 3.64. The number of furan rings is 1. The number of aryl methyl sites for hydroxylation is 1. The van der Waals surface area contributed by atoms with E-state index in [9.17, 15) is 4.79 Å². The quantitative estimate of drug-likeness (QED) is 0.143. The highest BCUT2D eigenvalue weighted by Gasteiger charge is 2.25. The molecule has 0 radical (unpaired) electrons. The van der Waals surface area contributed by atoms with Crippen LogP contribution in [-0.2, 0) is 6.42 Å². The maximum absolute atomic E-state index is 13.7. The van der Waals surface area contributed by atoms with E-state index in [0.717, 1.165) is 47.0 Å². The number of nitrogens with zero attached hydrogens (tertiary/aromatic N) is 1. The van der Waals surface area contributed by atoms with Crippen LogP contribution in [0.25, 0.3) is 11.0 Å². The number of hydrogen-bond donors (Lipinski definition) is 0. The lowest BCUT2D eigenvalue weighted by Crippen LogP contribution is -3.00. The van der Waals surface area contributed by atoms with Crippen molar-refractivity contribution < 1.29 is 51.9 Å². The summed E-state index contributed by atoms with van der Waals surface area (Å²) >= 11 is 0. The maximum Gasteiger partial charge on any atom is 0.203 e. The lowest BCUT2D eigenvalue weighted by Gasteiger charge is -2.24. The topological polar surface area (TPSA) is 57.9 Å². The number of benzene rings is 2.